The molecule has 1 aliphatic rings. The number of ether oxygens (including phenoxy) is 3. The standard InChI is InChI=1S/C25H34N2O4.C2H2O4/c1-4-15-27(19-17-21-23(30-3)12-9-13-24(21)31-18-19)16-8-7-14-26-25(28)20-10-5-6-11-22(20)29-2;3-1(4)2(5)6/h5-6,9-13,19H,4,7-8,14-18H2,1-3H3,(H,26,28);(H,3,4)(H,5,6). The van der Waals surface area contributed by atoms with Gasteiger partial charge in [-0.25, -0.2) is 9.59 Å². The van der Waals surface area contributed by atoms with Gasteiger partial charge in [0.2, 0.25) is 0 Å². The van der Waals surface area contributed by atoms with Crippen LogP contribution < -0.4 is 19.5 Å². The van der Waals surface area contributed by atoms with E-state index in [-0.39, 0.29) is 5.91 Å². The highest BCUT2D eigenvalue weighted by Gasteiger charge is 2.27. The summed E-state index contributed by atoms with van der Waals surface area (Å²) in [4.78, 5) is 33.1. The SMILES string of the molecule is CCCN(CCCCNC(=O)c1ccccc1OC)C1COc2cccc(OC)c2C1.O=C(O)C(=O)O. The van der Waals surface area contributed by atoms with Crippen molar-refractivity contribution in [1.29, 1.82) is 0 Å². The van der Waals surface area contributed by atoms with Crippen molar-refractivity contribution >= 4 is 17.8 Å². The molecular weight excluding hydrogens is 480 g/mol. The van der Waals surface area contributed by atoms with E-state index in [0.29, 0.717) is 30.5 Å². The molecule has 3 rings (SSSR count). The molecule has 0 saturated carbocycles. The number of amides is 1. The molecule has 0 saturated heterocycles. The van der Waals surface area contributed by atoms with Gasteiger partial charge in [0.15, 0.2) is 0 Å². The molecular formula is C27H36N2O8. The summed E-state index contributed by atoms with van der Waals surface area (Å²) in [5, 5.41) is 17.8. The zero-order chi connectivity index (χ0) is 27.2. The summed E-state index contributed by atoms with van der Waals surface area (Å²) in [6.45, 7) is 5.57. The van der Waals surface area contributed by atoms with Crippen molar-refractivity contribution in [2.75, 3.05) is 40.5 Å². The Bertz CT molecular complexity index is 1020. The summed E-state index contributed by atoms with van der Waals surface area (Å²) in [7, 11) is 3.29. The second kappa shape index (κ2) is 15.4. The summed E-state index contributed by atoms with van der Waals surface area (Å²) in [5.41, 5.74) is 1.73. The van der Waals surface area contributed by atoms with Crippen LogP contribution in [0, 0.1) is 0 Å². The van der Waals surface area contributed by atoms with Gasteiger partial charge in [0.05, 0.1) is 19.8 Å². The number of nitrogens with zero attached hydrogens (tertiary/aromatic N) is 1. The summed E-state index contributed by atoms with van der Waals surface area (Å²) in [6.07, 6.45) is 3.97. The van der Waals surface area contributed by atoms with Crippen molar-refractivity contribution in [1.82, 2.24) is 10.2 Å². The fourth-order valence-electron chi connectivity index (χ4n) is 4.12. The maximum atomic E-state index is 12.4. The third-order valence-corrected chi connectivity index (χ3v) is 5.90. The number of carboxylic acid groups (broad SMARTS) is 2. The van der Waals surface area contributed by atoms with Crippen LogP contribution >= 0.6 is 0 Å². The average molecular weight is 517 g/mol. The van der Waals surface area contributed by atoms with E-state index in [1.165, 1.54) is 0 Å². The lowest BCUT2D eigenvalue weighted by Gasteiger charge is -2.35. The van der Waals surface area contributed by atoms with Gasteiger partial charge in [0.1, 0.15) is 23.9 Å². The van der Waals surface area contributed by atoms with E-state index in [2.05, 4.69) is 17.1 Å². The number of nitrogens with one attached hydrogen (secondary N) is 1. The molecule has 0 aliphatic carbocycles. The van der Waals surface area contributed by atoms with Crippen LogP contribution in [0.15, 0.2) is 42.5 Å². The van der Waals surface area contributed by atoms with Gasteiger partial charge in [-0.15, -0.1) is 0 Å². The normalized spacial score (nSPS) is 13.9. The molecule has 10 nitrogen and oxygen atoms in total. The monoisotopic (exact) mass is 516 g/mol. The fraction of sp³-hybridized carbons (Fsp3) is 0.444. The van der Waals surface area contributed by atoms with Crippen molar-refractivity contribution in [3.63, 3.8) is 0 Å². The predicted molar refractivity (Wildman–Crippen MR) is 138 cm³/mol. The molecule has 1 aliphatic heterocycles. The number of benzene rings is 2. The number of hydrogen-bond acceptors (Lipinski definition) is 7. The first-order valence-corrected chi connectivity index (χ1v) is 12.2. The first-order chi connectivity index (χ1) is 17.8. The molecule has 0 spiro atoms. The summed E-state index contributed by atoms with van der Waals surface area (Å²) >= 11 is 0. The topological polar surface area (TPSA) is 135 Å². The Morgan fingerprint density at radius 2 is 1.65 bits per heavy atom. The Labute approximate surface area is 217 Å². The van der Waals surface area contributed by atoms with Crippen LogP contribution in [0.25, 0.3) is 0 Å². The van der Waals surface area contributed by atoms with Crippen LogP contribution in [0.2, 0.25) is 0 Å². The van der Waals surface area contributed by atoms with Crippen molar-refractivity contribution in [3.8, 4) is 17.2 Å². The number of rotatable bonds is 11. The van der Waals surface area contributed by atoms with Crippen LogP contribution in [0.1, 0.15) is 42.1 Å². The zero-order valence-electron chi connectivity index (χ0n) is 21.6. The van der Waals surface area contributed by atoms with Gasteiger partial charge in [0, 0.05) is 18.2 Å². The van der Waals surface area contributed by atoms with Crippen LogP contribution in [0.3, 0.4) is 0 Å². The van der Waals surface area contributed by atoms with Gasteiger partial charge in [0.25, 0.3) is 5.91 Å². The lowest BCUT2D eigenvalue weighted by atomic mass is 10.00. The van der Waals surface area contributed by atoms with Gasteiger partial charge in [-0.3, -0.25) is 9.69 Å². The maximum absolute atomic E-state index is 12.4. The lowest BCUT2D eigenvalue weighted by Crippen LogP contribution is -2.44. The molecule has 1 heterocycles. The summed E-state index contributed by atoms with van der Waals surface area (Å²) in [6, 6.07) is 13.6. The first-order valence-electron chi connectivity index (χ1n) is 12.2. The predicted octanol–water partition coefficient (Wildman–Crippen LogP) is 3.09. The van der Waals surface area contributed by atoms with Crippen LogP contribution in [0.5, 0.6) is 17.2 Å². The molecule has 10 heteroatoms. The molecule has 202 valence electrons. The van der Waals surface area contributed by atoms with Gasteiger partial charge in [-0.1, -0.05) is 25.1 Å². The number of fused-ring (bicyclic) bond motifs is 1. The third-order valence-electron chi connectivity index (χ3n) is 5.90. The quantitative estimate of drug-likeness (QED) is 0.304. The second-order valence-electron chi connectivity index (χ2n) is 8.42. The molecule has 0 fully saturated rings. The molecule has 1 unspecified atom stereocenters. The van der Waals surface area contributed by atoms with E-state index in [9.17, 15) is 4.79 Å². The van der Waals surface area contributed by atoms with Crippen LogP contribution in [-0.4, -0.2) is 79.5 Å². The van der Waals surface area contributed by atoms with Crippen molar-refractivity contribution in [3.05, 3.63) is 53.6 Å². The van der Waals surface area contributed by atoms with Crippen molar-refractivity contribution in [2.45, 2.75) is 38.6 Å². The Kier molecular flexibility index (Phi) is 12.2. The van der Waals surface area contributed by atoms with Gasteiger partial charge in [-0.2, -0.15) is 0 Å². The minimum absolute atomic E-state index is 0.0905. The van der Waals surface area contributed by atoms with Crippen LogP contribution in [-0.2, 0) is 16.0 Å². The third kappa shape index (κ3) is 8.98. The van der Waals surface area contributed by atoms with Gasteiger partial charge >= 0.3 is 11.9 Å². The smallest absolute Gasteiger partial charge is 0.414 e. The highest BCUT2D eigenvalue weighted by molar-refractivity contribution is 6.27. The van der Waals surface area contributed by atoms with Gasteiger partial charge < -0.3 is 29.7 Å². The number of hydrogen-bond donors (Lipinski definition) is 3. The molecule has 0 aromatic heterocycles. The van der Waals surface area contributed by atoms with E-state index in [1.807, 2.05) is 30.3 Å². The number of unbranched alkanes of at least 4 members (excludes halogenated alkanes) is 1. The molecule has 2 aromatic rings. The van der Waals surface area contributed by atoms with E-state index < -0.39 is 11.9 Å². The number of carbonyl (C=O) groups excluding carboxylic acids is 1. The zero-order valence-corrected chi connectivity index (χ0v) is 21.6. The summed E-state index contributed by atoms with van der Waals surface area (Å²) < 4.78 is 16.9. The Morgan fingerprint density at radius 1 is 0.973 bits per heavy atom. The number of aliphatic carboxylic acids is 2. The molecule has 1 amide bonds. The number of carboxylic acids is 2. The number of para-hydroxylation sites is 1. The highest BCUT2D eigenvalue weighted by atomic mass is 16.5. The minimum Gasteiger partial charge on any atom is -0.496 e. The van der Waals surface area contributed by atoms with Crippen molar-refractivity contribution < 1.29 is 38.8 Å². The van der Waals surface area contributed by atoms with Crippen molar-refractivity contribution in [2.24, 2.45) is 0 Å². The fourth-order valence-corrected chi connectivity index (χ4v) is 4.12. The summed E-state index contributed by atoms with van der Waals surface area (Å²) in [5.74, 6) is -1.30. The first kappa shape index (κ1) is 29.4. The lowest BCUT2D eigenvalue weighted by molar-refractivity contribution is -0.159. The van der Waals surface area contributed by atoms with Gasteiger partial charge in [-0.05, 0) is 63.0 Å². The van der Waals surface area contributed by atoms with E-state index >= 15 is 0 Å². The molecule has 37 heavy (non-hydrogen) atoms. The minimum atomic E-state index is -1.82. The number of carbonyl (C=O) groups is 3. The Hall–Kier alpha value is -3.79. The Balaban J connectivity index is 0.000000717. The largest absolute Gasteiger partial charge is 0.496 e. The second-order valence-corrected chi connectivity index (χ2v) is 8.42. The molecule has 0 radical (unpaired) electrons. The van der Waals surface area contributed by atoms with Crippen LogP contribution in [0.4, 0.5) is 0 Å². The molecule has 0 bridgehead atoms. The molecule has 1 atom stereocenters. The highest BCUT2D eigenvalue weighted by Crippen LogP contribution is 2.34. The van der Waals surface area contributed by atoms with E-state index in [1.54, 1.807) is 26.4 Å². The Morgan fingerprint density at radius 3 is 2.30 bits per heavy atom. The average Bonchev–Trinajstić information content (AvgIpc) is 2.91. The van der Waals surface area contributed by atoms with E-state index in [4.69, 9.17) is 34.0 Å². The van der Waals surface area contributed by atoms with E-state index in [0.717, 1.165) is 55.8 Å². The maximum Gasteiger partial charge on any atom is 0.414 e. The molecule has 3 N–H and O–H groups in total. The number of methoxy groups -OCH3 is 2. The molecule has 2 aromatic carbocycles.